The van der Waals surface area contributed by atoms with Gasteiger partial charge < -0.3 is 13.3 Å². The minimum Gasteiger partial charge on any atom is -0.373 e. The van der Waals surface area contributed by atoms with Gasteiger partial charge in [0.15, 0.2) is 5.12 Å². The van der Waals surface area contributed by atoms with Crippen molar-refractivity contribution in [2.75, 3.05) is 19.8 Å². The van der Waals surface area contributed by atoms with Crippen molar-refractivity contribution in [2.45, 2.75) is 45.9 Å². The summed E-state index contributed by atoms with van der Waals surface area (Å²) in [4.78, 5) is 11.3. The Kier molecular flexibility index (Phi) is 9.16. The van der Waals surface area contributed by atoms with Crippen molar-refractivity contribution in [1.82, 2.24) is 0 Å². The van der Waals surface area contributed by atoms with Gasteiger partial charge in [-0.1, -0.05) is 18.7 Å². The van der Waals surface area contributed by atoms with Gasteiger partial charge in [-0.05, 0) is 27.2 Å². The summed E-state index contributed by atoms with van der Waals surface area (Å²) in [6.07, 6.45) is 0.802. The molecule has 102 valence electrons. The van der Waals surface area contributed by atoms with Gasteiger partial charge in [0.1, 0.15) is 0 Å². The van der Waals surface area contributed by atoms with Crippen LogP contribution in [0.2, 0.25) is 0 Å². The van der Waals surface area contributed by atoms with Crippen molar-refractivity contribution in [3.63, 3.8) is 0 Å². The molecule has 6 heteroatoms. The lowest BCUT2D eigenvalue weighted by molar-refractivity contribution is -0.109. The Morgan fingerprint density at radius 2 is 1.47 bits per heavy atom. The van der Waals surface area contributed by atoms with Crippen molar-refractivity contribution < 1.29 is 18.1 Å². The second-order valence-electron chi connectivity index (χ2n) is 3.41. The van der Waals surface area contributed by atoms with E-state index in [4.69, 9.17) is 13.3 Å². The fourth-order valence-corrected chi connectivity index (χ4v) is 6.38. The van der Waals surface area contributed by atoms with Gasteiger partial charge in [0.25, 0.3) is 0 Å². The molecular formula is C11H24O4SSi. The van der Waals surface area contributed by atoms with Crippen LogP contribution in [-0.4, -0.2) is 38.6 Å². The van der Waals surface area contributed by atoms with Crippen molar-refractivity contribution >= 4 is 25.7 Å². The Morgan fingerprint density at radius 3 is 1.71 bits per heavy atom. The van der Waals surface area contributed by atoms with Crippen LogP contribution in [0.4, 0.5) is 0 Å². The summed E-state index contributed by atoms with van der Waals surface area (Å²) in [7, 11) is -2.75. The Bertz CT molecular complexity index is 208. The minimum absolute atomic E-state index is 0.0140. The molecule has 0 rings (SSSR count). The van der Waals surface area contributed by atoms with Crippen LogP contribution in [0.15, 0.2) is 0 Å². The highest BCUT2D eigenvalue weighted by molar-refractivity contribution is 8.15. The van der Waals surface area contributed by atoms with E-state index in [9.17, 15) is 4.79 Å². The molecule has 0 aromatic rings. The largest absolute Gasteiger partial charge is 0.515 e. The molecule has 0 aromatic heterocycles. The fourth-order valence-electron chi connectivity index (χ4n) is 1.61. The molecule has 0 amide bonds. The minimum atomic E-state index is -2.75. The maximum absolute atomic E-state index is 11.3. The number of hydrogen-bond acceptors (Lipinski definition) is 5. The van der Waals surface area contributed by atoms with E-state index < -0.39 is 8.80 Å². The van der Waals surface area contributed by atoms with E-state index in [1.165, 1.54) is 11.8 Å². The van der Waals surface area contributed by atoms with Crippen LogP contribution >= 0.6 is 11.8 Å². The van der Waals surface area contributed by atoms with E-state index in [0.717, 1.165) is 6.42 Å². The third kappa shape index (κ3) is 5.52. The Morgan fingerprint density at radius 1 is 1.06 bits per heavy atom. The van der Waals surface area contributed by atoms with E-state index in [1.54, 1.807) is 6.92 Å². The molecule has 1 atom stereocenters. The molecule has 0 saturated carbocycles. The Hall–Kier alpha value is 0.117. The molecule has 0 fully saturated rings. The van der Waals surface area contributed by atoms with Crippen LogP contribution < -0.4 is 0 Å². The number of rotatable bonds is 9. The lowest BCUT2D eigenvalue weighted by Gasteiger charge is -2.33. The van der Waals surface area contributed by atoms with Crippen LogP contribution in [0, 0.1) is 0 Å². The monoisotopic (exact) mass is 280 g/mol. The summed E-state index contributed by atoms with van der Waals surface area (Å²) in [5.74, 6) is 0. The zero-order valence-electron chi connectivity index (χ0n) is 11.4. The predicted molar refractivity (Wildman–Crippen MR) is 73.0 cm³/mol. The second kappa shape index (κ2) is 9.10. The number of thioether (sulfide) groups is 1. The molecule has 0 N–H and O–H groups in total. The van der Waals surface area contributed by atoms with Crippen molar-refractivity contribution in [1.29, 1.82) is 0 Å². The molecule has 0 aliphatic rings. The first-order valence-corrected chi connectivity index (χ1v) is 8.83. The summed E-state index contributed by atoms with van der Waals surface area (Å²) in [6, 6.07) is 0. The van der Waals surface area contributed by atoms with Gasteiger partial charge in [-0.15, -0.1) is 0 Å². The van der Waals surface area contributed by atoms with E-state index >= 15 is 0 Å². The number of carbonyl (C=O) groups excluding carboxylic acids is 1. The van der Waals surface area contributed by atoms with Crippen LogP contribution in [0.3, 0.4) is 0 Å². The average molecular weight is 280 g/mol. The van der Waals surface area contributed by atoms with Gasteiger partial charge in [0.2, 0.25) is 0 Å². The van der Waals surface area contributed by atoms with E-state index in [2.05, 4.69) is 0 Å². The molecular weight excluding hydrogens is 256 g/mol. The highest BCUT2D eigenvalue weighted by Crippen LogP contribution is 2.28. The summed E-state index contributed by atoms with van der Waals surface area (Å²) >= 11 is 1.27. The van der Waals surface area contributed by atoms with Gasteiger partial charge in [-0.3, -0.25) is 4.79 Å². The summed E-state index contributed by atoms with van der Waals surface area (Å²) < 4.78 is 17.4. The normalized spacial score (nSPS) is 13.7. The van der Waals surface area contributed by atoms with Crippen LogP contribution in [0.1, 0.15) is 41.0 Å². The van der Waals surface area contributed by atoms with E-state index in [-0.39, 0.29) is 9.99 Å². The zero-order chi connectivity index (χ0) is 13.3. The molecule has 4 nitrogen and oxygen atoms in total. The molecule has 0 spiro atoms. The molecule has 0 aromatic carbocycles. The summed E-state index contributed by atoms with van der Waals surface area (Å²) in [6.45, 7) is 11.0. The first kappa shape index (κ1) is 17.1. The maximum atomic E-state index is 11.3. The first-order chi connectivity index (χ1) is 8.06. The Balaban J connectivity index is 4.96. The van der Waals surface area contributed by atoms with Gasteiger partial charge >= 0.3 is 8.80 Å². The molecule has 0 aliphatic heterocycles. The lowest BCUT2D eigenvalue weighted by atomic mass is 10.6. The molecule has 0 heterocycles. The highest BCUT2D eigenvalue weighted by Gasteiger charge is 2.49. The van der Waals surface area contributed by atoms with Crippen LogP contribution in [0.25, 0.3) is 0 Å². The van der Waals surface area contributed by atoms with Crippen molar-refractivity contribution in [3.8, 4) is 0 Å². The fraction of sp³-hybridized carbons (Fsp3) is 0.909. The average Bonchev–Trinajstić information content (AvgIpc) is 2.26. The first-order valence-electron chi connectivity index (χ1n) is 6.15. The molecule has 1 unspecified atom stereocenters. The van der Waals surface area contributed by atoms with Gasteiger partial charge in [0, 0.05) is 26.7 Å². The van der Waals surface area contributed by atoms with Crippen molar-refractivity contribution in [3.05, 3.63) is 0 Å². The molecule has 0 saturated heterocycles. The van der Waals surface area contributed by atoms with Gasteiger partial charge in [-0.25, -0.2) is 0 Å². The summed E-state index contributed by atoms with van der Waals surface area (Å²) in [5.41, 5.74) is 0. The van der Waals surface area contributed by atoms with Crippen LogP contribution in [-0.2, 0) is 18.1 Å². The molecule has 0 bridgehead atoms. The van der Waals surface area contributed by atoms with Gasteiger partial charge in [-0.2, -0.15) is 0 Å². The predicted octanol–water partition coefficient (Wildman–Crippen LogP) is 2.63. The van der Waals surface area contributed by atoms with E-state index in [0.29, 0.717) is 19.8 Å². The van der Waals surface area contributed by atoms with Crippen molar-refractivity contribution in [2.24, 2.45) is 0 Å². The number of carbonyl (C=O) groups is 1. The van der Waals surface area contributed by atoms with Crippen LogP contribution in [0.5, 0.6) is 0 Å². The molecule has 0 aliphatic carbocycles. The Labute approximate surface area is 110 Å². The zero-order valence-corrected chi connectivity index (χ0v) is 13.3. The maximum Gasteiger partial charge on any atom is 0.515 e. The second-order valence-corrected chi connectivity index (χ2v) is 7.98. The summed E-state index contributed by atoms with van der Waals surface area (Å²) in [5, 5.41) is 0.0767. The van der Waals surface area contributed by atoms with Gasteiger partial charge in [0.05, 0.1) is 4.87 Å². The molecule has 0 radical (unpaired) electrons. The lowest BCUT2D eigenvalue weighted by Crippen LogP contribution is -2.55. The quantitative estimate of drug-likeness (QED) is 0.608. The molecule has 17 heavy (non-hydrogen) atoms. The topological polar surface area (TPSA) is 44.8 Å². The third-order valence-electron chi connectivity index (χ3n) is 2.11. The SMILES string of the molecule is CCO[Si](OCC)(OCC)C(CC)SC(C)=O. The van der Waals surface area contributed by atoms with E-state index in [1.807, 2.05) is 27.7 Å². The smallest absolute Gasteiger partial charge is 0.373 e. The third-order valence-corrected chi connectivity index (χ3v) is 7.55. The highest BCUT2D eigenvalue weighted by atomic mass is 32.2. The standard InChI is InChI=1S/C11H24O4SSi/c1-6-11(16-10(5)12)17(13-7-2,14-8-3)15-9-4/h11H,6-9H2,1-5H3. The number of hydrogen-bond donors (Lipinski definition) is 0.